The molecule has 0 spiro atoms. The van der Waals surface area contributed by atoms with E-state index >= 15 is 0 Å². The summed E-state index contributed by atoms with van der Waals surface area (Å²) < 4.78 is 0. The minimum Gasteiger partial charge on any atom is -0.399 e. The number of oxime groups is 1. The molecule has 0 aromatic heterocycles. The maximum Gasteiger partial charge on any atom is 0.255 e. The van der Waals surface area contributed by atoms with Gasteiger partial charge in [-0.05, 0) is 55.0 Å². The summed E-state index contributed by atoms with van der Waals surface area (Å²) in [5.41, 5.74) is 5.77. The fourth-order valence-electron chi connectivity index (χ4n) is 3.26. The van der Waals surface area contributed by atoms with Crippen molar-refractivity contribution in [2.24, 2.45) is 5.16 Å². The van der Waals surface area contributed by atoms with Gasteiger partial charge in [0, 0.05) is 16.8 Å². The molecule has 1 aliphatic rings. The second kappa shape index (κ2) is 6.71. The SMILES string of the molecule is CO/N=C1/CCC(C)(C)c2ccc(C(=O)Nc3ccc(C)cc3)cc21. The van der Waals surface area contributed by atoms with Crippen LogP contribution in [0, 0.1) is 6.92 Å². The normalized spacial score (nSPS) is 17.0. The Bertz CT molecular complexity index is 820. The number of carbonyl (C=O) groups excluding carboxylic acids is 1. The van der Waals surface area contributed by atoms with Crippen molar-refractivity contribution >= 4 is 17.3 Å². The molecule has 0 fully saturated rings. The molecule has 0 saturated heterocycles. The molecule has 25 heavy (non-hydrogen) atoms. The molecular formula is C21H24N2O2. The number of hydrogen-bond acceptors (Lipinski definition) is 3. The predicted molar refractivity (Wildman–Crippen MR) is 101 cm³/mol. The van der Waals surface area contributed by atoms with Crippen molar-refractivity contribution in [1.82, 2.24) is 0 Å². The van der Waals surface area contributed by atoms with E-state index in [0.29, 0.717) is 5.56 Å². The zero-order valence-corrected chi connectivity index (χ0v) is 15.2. The Morgan fingerprint density at radius 3 is 2.56 bits per heavy atom. The molecule has 1 N–H and O–H groups in total. The summed E-state index contributed by atoms with van der Waals surface area (Å²) in [6.07, 6.45) is 1.86. The van der Waals surface area contributed by atoms with Gasteiger partial charge in [-0.3, -0.25) is 4.79 Å². The van der Waals surface area contributed by atoms with Gasteiger partial charge in [-0.15, -0.1) is 0 Å². The first kappa shape index (κ1) is 17.2. The van der Waals surface area contributed by atoms with E-state index in [9.17, 15) is 4.79 Å². The van der Waals surface area contributed by atoms with Gasteiger partial charge in [0.05, 0.1) is 5.71 Å². The molecule has 1 amide bonds. The van der Waals surface area contributed by atoms with E-state index in [0.717, 1.165) is 35.4 Å². The number of anilines is 1. The highest BCUT2D eigenvalue weighted by atomic mass is 16.6. The Kier molecular flexibility index (Phi) is 4.62. The Hall–Kier alpha value is -2.62. The molecule has 2 aromatic carbocycles. The van der Waals surface area contributed by atoms with Crippen LogP contribution in [0.15, 0.2) is 47.6 Å². The summed E-state index contributed by atoms with van der Waals surface area (Å²) in [5.74, 6) is -0.119. The van der Waals surface area contributed by atoms with Gasteiger partial charge in [0.25, 0.3) is 5.91 Å². The molecule has 0 heterocycles. The van der Waals surface area contributed by atoms with E-state index in [1.165, 1.54) is 5.56 Å². The van der Waals surface area contributed by atoms with Gasteiger partial charge >= 0.3 is 0 Å². The van der Waals surface area contributed by atoms with Crippen molar-refractivity contribution in [3.8, 4) is 0 Å². The van der Waals surface area contributed by atoms with Gasteiger partial charge in [-0.2, -0.15) is 0 Å². The van der Waals surface area contributed by atoms with Gasteiger partial charge < -0.3 is 10.2 Å². The van der Waals surface area contributed by atoms with Crippen molar-refractivity contribution in [2.45, 2.75) is 39.0 Å². The van der Waals surface area contributed by atoms with Crippen LogP contribution in [0.25, 0.3) is 0 Å². The number of hydrogen-bond donors (Lipinski definition) is 1. The van der Waals surface area contributed by atoms with E-state index in [1.54, 1.807) is 7.11 Å². The summed E-state index contributed by atoms with van der Waals surface area (Å²) in [4.78, 5) is 17.6. The Labute approximate surface area is 148 Å². The summed E-state index contributed by atoms with van der Waals surface area (Å²) in [7, 11) is 1.56. The Morgan fingerprint density at radius 2 is 1.88 bits per heavy atom. The second-order valence-electron chi connectivity index (χ2n) is 7.18. The number of carbonyl (C=O) groups is 1. The van der Waals surface area contributed by atoms with Gasteiger partial charge in [0.15, 0.2) is 0 Å². The lowest BCUT2D eigenvalue weighted by Gasteiger charge is -2.33. The number of nitrogens with zero attached hydrogens (tertiary/aromatic N) is 1. The highest BCUT2D eigenvalue weighted by Gasteiger charge is 2.31. The number of nitrogens with one attached hydrogen (secondary N) is 1. The molecule has 130 valence electrons. The third-order valence-electron chi connectivity index (χ3n) is 4.82. The summed E-state index contributed by atoms with van der Waals surface area (Å²) in [6.45, 7) is 6.47. The average Bonchev–Trinajstić information content (AvgIpc) is 2.59. The number of amides is 1. The van der Waals surface area contributed by atoms with Crippen LogP contribution in [0.4, 0.5) is 5.69 Å². The van der Waals surface area contributed by atoms with Crippen molar-refractivity contribution < 1.29 is 9.63 Å². The topological polar surface area (TPSA) is 50.7 Å². The zero-order chi connectivity index (χ0) is 18.0. The number of benzene rings is 2. The summed E-state index contributed by atoms with van der Waals surface area (Å²) in [6, 6.07) is 13.6. The molecule has 1 aliphatic carbocycles. The van der Waals surface area contributed by atoms with Crippen molar-refractivity contribution in [2.75, 3.05) is 12.4 Å². The lowest BCUT2D eigenvalue weighted by atomic mass is 9.71. The van der Waals surface area contributed by atoms with Gasteiger partial charge in [-0.1, -0.05) is 42.8 Å². The zero-order valence-electron chi connectivity index (χ0n) is 15.2. The standard InChI is InChI=1S/C21H24N2O2/c1-14-5-8-16(9-6-14)22-20(24)15-7-10-18-17(13-15)19(23-25-4)11-12-21(18,2)3/h5-10,13H,11-12H2,1-4H3,(H,22,24)/b23-19-. The quantitative estimate of drug-likeness (QED) is 0.828. The maximum absolute atomic E-state index is 12.6. The highest BCUT2D eigenvalue weighted by molar-refractivity contribution is 6.08. The fourth-order valence-corrected chi connectivity index (χ4v) is 3.26. The van der Waals surface area contributed by atoms with Crippen molar-refractivity contribution in [1.29, 1.82) is 0 Å². The monoisotopic (exact) mass is 336 g/mol. The van der Waals surface area contributed by atoms with E-state index in [1.807, 2.05) is 49.4 Å². The van der Waals surface area contributed by atoms with Crippen LogP contribution in [-0.2, 0) is 10.3 Å². The van der Waals surface area contributed by atoms with Crippen LogP contribution in [-0.4, -0.2) is 18.7 Å². The van der Waals surface area contributed by atoms with Crippen LogP contribution in [0.2, 0.25) is 0 Å². The predicted octanol–water partition coefficient (Wildman–Crippen LogP) is 4.67. The molecule has 0 bridgehead atoms. The largest absolute Gasteiger partial charge is 0.399 e. The molecular weight excluding hydrogens is 312 g/mol. The van der Waals surface area contributed by atoms with Crippen LogP contribution in [0.5, 0.6) is 0 Å². The third-order valence-corrected chi connectivity index (χ3v) is 4.82. The molecule has 0 aliphatic heterocycles. The summed E-state index contributed by atoms with van der Waals surface area (Å²) >= 11 is 0. The van der Waals surface area contributed by atoms with E-state index in [4.69, 9.17) is 4.84 Å². The lowest BCUT2D eigenvalue weighted by Crippen LogP contribution is -2.28. The number of rotatable bonds is 3. The molecule has 0 radical (unpaired) electrons. The molecule has 3 rings (SSSR count). The molecule has 0 unspecified atom stereocenters. The molecule has 4 heteroatoms. The van der Waals surface area contributed by atoms with Gasteiger partial charge in [-0.25, -0.2) is 0 Å². The molecule has 2 aromatic rings. The maximum atomic E-state index is 12.6. The first-order valence-electron chi connectivity index (χ1n) is 8.54. The molecule has 0 saturated carbocycles. The number of aryl methyl sites for hydroxylation is 1. The van der Waals surface area contributed by atoms with Crippen molar-refractivity contribution in [3.05, 3.63) is 64.7 Å². The molecule has 0 atom stereocenters. The Balaban J connectivity index is 1.93. The van der Waals surface area contributed by atoms with E-state index in [2.05, 4.69) is 24.3 Å². The average molecular weight is 336 g/mol. The first-order chi connectivity index (χ1) is 11.9. The van der Waals surface area contributed by atoms with Crippen molar-refractivity contribution in [3.63, 3.8) is 0 Å². The van der Waals surface area contributed by atoms with Gasteiger partial charge in [0.1, 0.15) is 7.11 Å². The van der Waals surface area contributed by atoms with Crippen LogP contribution in [0.3, 0.4) is 0 Å². The minimum absolute atomic E-state index is 0.0635. The van der Waals surface area contributed by atoms with Crippen LogP contribution >= 0.6 is 0 Å². The van der Waals surface area contributed by atoms with Crippen LogP contribution in [0.1, 0.15) is 53.7 Å². The first-order valence-corrected chi connectivity index (χ1v) is 8.54. The summed E-state index contributed by atoms with van der Waals surface area (Å²) in [5, 5.41) is 7.12. The third kappa shape index (κ3) is 3.58. The van der Waals surface area contributed by atoms with Gasteiger partial charge in [0.2, 0.25) is 0 Å². The highest BCUT2D eigenvalue weighted by Crippen LogP contribution is 2.37. The van der Waals surface area contributed by atoms with E-state index in [-0.39, 0.29) is 11.3 Å². The lowest BCUT2D eigenvalue weighted by molar-refractivity contribution is 0.102. The minimum atomic E-state index is -0.119. The fraction of sp³-hybridized carbons (Fsp3) is 0.333. The van der Waals surface area contributed by atoms with Crippen LogP contribution < -0.4 is 5.32 Å². The second-order valence-corrected chi connectivity index (χ2v) is 7.18. The molecule has 4 nitrogen and oxygen atoms in total. The van der Waals surface area contributed by atoms with E-state index < -0.39 is 0 Å². The smallest absolute Gasteiger partial charge is 0.255 e. The Morgan fingerprint density at radius 1 is 1.16 bits per heavy atom. The number of fused-ring (bicyclic) bond motifs is 1.